The van der Waals surface area contributed by atoms with E-state index in [-0.39, 0.29) is 24.0 Å². The Hall–Kier alpha value is -0.0800. The second-order valence-electron chi connectivity index (χ2n) is 8.91. The largest absolute Gasteiger partial charge is 0.356 e. The van der Waals surface area contributed by atoms with E-state index in [9.17, 15) is 0 Å². The lowest BCUT2D eigenvalue weighted by Gasteiger charge is -2.39. The van der Waals surface area contributed by atoms with Gasteiger partial charge in [0.05, 0.1) is 0 Å². The van der Waals surface area contributed by atoms with Gasteiger partial charge in [0.2, 0.25) is 0 Å². The summed E-state index contributed by atoms with van der Waals surface area (Å²) in [6, 6.07) is 1.46. The normalized spacial score (nSPS) is 24.7. The van der Waals surface area contributed by atoms with E-state index in [4.69, 9.17) is 0 Å². The van der Waals surface area contributed by atoms with Crippen LogP contribution >= 0.6 is 24.0 Å². The molecule has 2 saturated heterocycles. The van der Waals surface area contributed by atoms with Crippen molar-refractivity contribution in [3.05, 3.63) is 0 Å². The van der Waals surface area contributed by atoms with Gasteiger partial charge in [-0.05, 0) is 70.5 Å². The summed E-state index contributed by atoms with van der Waals surface area (Å²) >= 11 is 0. The molecule has 0 radical (unpaired) electrons. The molecular weight excluding hydrogens is 461 g/mol. The maximum atomic E-state index is 4.47. The van der Waals surface area contributed by atoms with Crippen LogP contribution in [0.2, 0.25) is 0 Å². The van der Waals surface area contributed by atoms with E-state index in [0.29, 0.717) is 6.04 Å². The first-order chi connectivity index (χ1) is 13.3. The molecule has 164 valence electrons. The van der Waals surface area contributed by atoms with E-state index in [1.54, 1.807) is 0 Å². The van der Waals surface area contributed by atoms with E-state index in [0.717, 1.165) is 24.5 Å². The van der Waals surface area contributed by atoms with Gasteiger partial charge in [-0.1, -0.05) is 26.2 Å². The van der Waals surface area contributed by atoms with Gasteiger partial charge in [0.1, 0.15) is 0 Å². The minimum Gasteiger partial charge on any atom is -0.356 e. The van der Waals surface area contributed by atoms with Gasteiger partial charge in [-0.3, -0.25) is 4.99 Å². The van der Waals surface area contributed by atoms with Gasteiger partial charge >= 0.3 is 0 Å². The molecule has 3 fully saturated rings. The van der Waals surface area contributed by atoms with Crippen molar-refractivity contribution in [3.8, 4) is 0 Å². The summed E-state index contributed by atoms with van der Waals surface area (Å²) in [5.74, 6) is 1.90. The van der Waals surface area contributed by atoms with Crippen molar-refractivity contribution in [2.45, 2.75) is 83.2 Å². The zero-order valence-corrected chi connectivity index (χ0v) is 20.6. The summed E-state index contributed by atoms with van der Waals surface area (Å²) in [4.78, 5) is 9.81. The van der Waals surface area contributed by atoms with Crippen molar-refractivity contribution in [3.63, 3.8) is 0 Å². The van der Waals surface area contributed by atoms with Crippen LogP contribution in [-0.4, -0.2) is 74.2 Å². The minimum absolute atomic E-state index is 0. The van der Waals surface area contributed by atoms with Gasteiger partial charge in [-0.25, -0.2) is 0 Å². The predicted octanol–water partition coefficient (Wildman–Crippen LogP) is 3.69. The SMILES string of the molecule is CCN1CCC(CCNC(=NC)NC2CCN(C3CCCCC3)CC2)CC1.I. The minimum atomic E-state index is 0. The van der Waals surface area contributed by atoms with E-state index >= 15 is 0 Å². The number of nitrogens with zero attached hydrogens (tertiary/aromatic N) is 3. The lowest BCUT2D eigenvalue weighted by molar-refractivity contribution is 0.119. The highest BCUT2D eigenvalue weighted by Crippen LogP contribution is 2.25. The fraction of sp³-hybridized carbons (Fsp3) is 0.955. The maximum Gasteiger partial charge on any atom is 0.191 e. The molecule has 0 aromatic heterocycles. The molecule has 28 heavy (non-hydrogen) atoms. The topological polar surface area (TPSA) is 42.9 Å². The molecule has 3 aliphatic rings. The van der Waals surface area contributed by atoms with Crippen molar-refractivity contribution >= 4 is 29.9 Å². The molecule has 1 aliphatic carbocycles. The number of hydrogen-bond acceptors (Lipinski definition) is 3. The highest BCUT2D eigenvalue weighted by Gasteiger charge is 2.26. The summed E-state index contributed by atoms with van der Waals surface area (Å²) in [7, 11) is 1.91. The number of aliphatic imine (C=N–C) groups is 1. The smallest absolute Gasteiger partial charge is 0.191 e. The van der Waals surface area contributed by atoms with Crippen molar-refractivity contribution < 1.29 is 0 Å². The van der Waals surface area contributed by atoms with E-state index in [1.807, 2.05) is 7.05 Å². The Bertz CT molecular complexity index is 436. The summed E-state index contributed by atoms with van der Waals surface area (Å²) < 4.78 is 0. The second kappa shape index (κ2) is 13.3. The number of nitrogens with one attached hydrogen (secondary N) is 2. The Morgan fingerprint density at radius 2 is 1.61 bits per heavy atom. The molecular formula is C22H44IN5. The van der Waals surface area contributed by atoms with Gasteiger partial charge in [-0.15, -0.1) is 24.0 Å². The number of hydrogen-bond donors (Lipinski definition) is 2. The average Bonchev–Trinajstić information content (AvgIpc) is 2.74. The second-order valence-corrected chi connectivity index (χ2v) is 8.91. The highest BCUT2D eigenvalue weighted by atomic mass is 127. The van der Waals surface area contributed by atoms with Gasteiger partial charge in [0.15, 0.2) is 5.96 Å². The first kappa shape index (κ1) is 24.2. The number of piperidine rings is 2. The Morgan fingerprint density at radius 3 is 2.21 bits per heavy atom. The van der Waals surface area contributed by atoms with E-state index in [1.165, 1.54) is 96.9 Å². The Morgan fingerprint density at radius 1 is 0.929 bits per heavy atom. The lowest BCUT2D eigenvalue weighted by atomic mass is 9.92. The Kier molecular flexibility index (Phi) is 11.5. The zero-order chi connectivity index (χ0) is 18.9. The number of rotatable bonds is 6. The van der Waals surface area contributed by atoms with Crippen LogP contribution < -0.4 is 10.6 Å². The lowest BCUT2D eigenvalue weighted by Crippen LogP contribution is -2.51. The fourth-order valence-electron chi connectivity index (χ4n) is 5.23. The molecule has 3 rings (SSSR count). The standard InChI is InChI=1S/C22H43N5.HI/c1-3-26-15-10-19(11-16-26)9-14-24-22(23-2)25-20-12-17-27(18-13-20)21-7-5-4-6-8-21;/h19-21H,3-18H2,1-2H3,(H2,23,24,25);1H. The molecule has 0 bridgehead atoms. The highest BCUT2D eigenvalue weighted by molar-refractivity contribution is 14.0. The molecule has 6 heteroatoms. The molecule has 5 nitrogen and oxygen atoms in total. The van der Waals surface area contributed by atoms with Crippen LogP contribution in [-0.2, 0) is 0 Å². The fourth-order valence-corrected chi connectivity index (χ4v) is 5.23. The third kappa shape index (κ3) is 7.63. The third-order valence-electron chi connectivity index (χ3n) is 7.18. The Balaban J connectivity index is 0.00000280. The molecule has 0 unspecified atom stereocenters. The zero-order valence-electron chi connectivity index (χ0n) is 18.3. The summed E-state index contributed by atoms with van der Waals surface area (Å²) in [6.45, 7) is 9.63. The summed E-state index contributed by atoms with van der Waals surface area (Å²) in [5.41, 5.74) is 0. The van der Waals surface area contributed by atoms with Crippen molar-refractivity contribution in [2.75, 3.05) is 46.3 Å². The molecule has 2 heterocycles. The number of guanidine groups is 1. The average molecular weight is 506 g/mol. The third-order valence-corrected chi connectivity index (χ3v) is 7.18. The van der Waals surface area contributed by atoms with Crippen molar-refractivity contribution in [1.82, 2.24) is 20.4 Å². The molecule has 1 saturated carbocycles. The van der Waals surface area contributed by atoms with Crippen molar-refractivity contribution in [1.29, 1.82) is 0 Å². The molecule has 0 aromatic carbocycles. The maximum absolute atomic E-state index is 4.47. The first-order valence-electron chi connectivity index (χ1n) is 11.7. The van der Waals surface area contributed by atoms with Gasteiger partial charge in [0.25, 0.3) is 0 Å². The van der Waals surface area contributed by atoms with E-state index < -0.39 is 0 Å². The van der Waals surface area contributed by atoms with Crippen LogP contribution in [0, 0.1) is 5.92 Å². The number of halogens is 1. The number of likely N-dealkylation sites (tertiary alicyclic amines) is 2. The summed E-state index contributed by atoms with van der Waals surface area (Å²) in [5, 5.41) is 7.26. The Labute approximate surface area is 190 Å². The van der Waals surface area contributed by atoms with Crippen LogP contribution in [0.25, 0.3) is 0 Å². The quantitative estimate of drug-likeness (QED) is 0.329. The van der Waals surface area contributed by atoms with Crippen LogP contribution in [0.3, 0.4) is 0 Å². The molecule has 2 N–H and O–H groups in total. The molecule has 2 aliphatic heterocycles. The van der Waals surface area contributed by atoms with E-state index in [2.05, 4.69) is 32.3 Å². The van der Waals surface area contributed by atoms with Gasteiger partial charge in [-0.2, -0.15) is 0 Å². The summed E-state index contributed by atoms with van der Waals surface area (Å²) in [6.07, 6.45) is 13.7. The molecule has 0 spiro atoms. The predicted molar refractivity (Wildman–Crippen MR) is 131 cm³/mol. The molecule has 0 atom stereocenters. The molecule has 0 aromatic rings. The van der Waals surface area contributed by atoms with Gasteiger partial charge in [0, 0.05) is 38.8 Å². The monoisotopic (exact) mass is 505 g/mol. The van der Waals surface area contributed by atoms with Crippen LogP contribution in [0.5, 0.6) is 0 Å². The molecule has 0 amide bonds. The first-order valence-corrected chi connectivity index (χ1v) is 11.7. The van der Waals surface area contributed by atoms with Crippen molar-refractivity contribution in [2.24, 2.45) is 10.9 Å². The van der Waals surface area contributed by atoms with Crippen LogP contribution in [0.15, 0.2) is 4.99 Å². The van der Waals surface area contributed by atoms with Crippen LogP contribution in [0.1, 0.15) is 71.1 Å². The van der Waals surface area contributed by atoms with Gasteiger partial charge < -0.3 is 20.4 Å². The van der Waals surface area contributed by atoms with Crippen LogP contribution in [0.4, 0.5) is 0 Å².